The van der Waals surface area contributed by atoms with E-state index in [1.54, 1.807) is 6.07 Å². The van der Waals surface area contributed by atoms with Gasteiger partial charge in [0, 0.05) is 31.6 Å². The van der Waals surface area contributed by atoms with Crippen LogP contribution in [0.4, 0.5) is 4.39 Å². The van der Waals surface area contributed by atoms with Crippen LogP contribution in [0.3, 0.4) is 0 Å². The summed E-state index contributed by atoms with van der Waals surface area (Å²) < 4.78 is 13.6. The van der Waals surface area contributed by atoms with E-state index in [0.717, 1.165) is 63.6 Å². The quantitative estimate of drug-likeness (QED) is 0.330. The van der Waals surface area contributed by atoms with E-state index in [-0.39, 0.29) is 35.2 Å². The molecule has 1 aliphatic heterocycles. The molecular weight excluding hydrogens is 466 g/mol. The van der Waals surface area contributed by atoms with Crippen LogP contribution in [0.1, 0.15) is 45.6 Å². The lowest BCUT2D eigenvalue weighted by Gasteiger charge is -2.25. The number of guanidine groups is 1. The minimum atomic E-state index is -0.145. The molecule has 2 aliphatic rings. The van der Waals surface area contributed by atoms with Gasteiger partial charge in [-0.05, 0) is 62.9 Å². The van der Waals surface area contributed by atoms with Crippen molar-refractivity contribution in [2.75, 3.05) is 45.8 Å². The predicted octanol–water partition coefficient (Wildman–Crippen LogP) is 4.10. The van der Waals surface area contributed by atoms with E-state index >= 15 is 0 Å². The molecular formula is C22H36FIN4. The van der Waals surface area contributed by atoms with Crippen LogP contribution in [0.2, 0.25) is 0 Å². The Kier molecular flexibility index (Phi) is 8.99. The number of hydrogen-bond acceptors (Lipinski definition) is 2. The number of hydrogen-bond donors (Lipinski definition) is 1. The average Bonchev–Trinajstić information content (AvgIpc) is 3.33. The van der Waals surface area contributed by atoms with Gasteiger partial charge < -0.3 is 15.1 Å². The molecule has 1 unspecified atom stereocenters. The highest BCUT2D eigenvalue weighted by atomic mass is 127. The Bertz CT molecular complexity index is 643. The third-order valence-electron chi connectivity index (χ3n) is 6.15. The summed E-state index contributed by atoms with van der Waals surface area (Å²) in [5, 5.41) is 3.48. The number of rotatable bonds is 8. The van der Waals surface area contributed by atoms with Crippen molar-refractivity contribution in [1.82, 2.24) is 15.1 Å². The Morgan fingerprint density at radius 2 is 2.04 bits per heavy atom. The van der Waals surface area contributed by atoms with Crippen molar-refractivity contribution in [2.24, 2.45) is 10.9 Å². The molecule has 2 fully saturated rings. The van der Waals surface area contributed by atoms with Crippen LogP contribution in [-0.4, -0.2) is 61.6 Å². The zero-order valence-corrected chi connectivity index (χ0v) is 19.9. The van der Waals surface area contributed by atoms with Crippen LogP contribution in [0.25, 0.3) is 0 Å². The fraction of sp³-hybridized carbons (Fsp3) is 0.682. The molecule has 1 heterocycles. The van der Waals surface area contributed by atoms with Gasteiger partial charge in [-0.25, -0.2) is 4.39 Å². The Hall–Kier alpha value is -0.890. The van der Waals surface area contributed by atoms with Gasteiger partial charge in [0.2, 0.25) is 0 Å². The molecule has 4 nitrogen and oxygen atoms in total. The zero-order chi connectivity index (χ0) is 19.3. The minimum absolute atomic E-state index is 0. The van der Waals surface area contributed by atoms with Crippen molar-refractivity contribution in [3.8, 4) is 0 Å². The fourth-order valence-corrected chi connectivity index (χ4v) is 4.18. The number of benzene rings is 1. The van der Waals surface area contributed by atoms with E-state index in [4.69, 9.17) is 4.99 Å². The van der Waals surface area contributed by atoms with Crippen LogP contribution in [0, 0.1) is 11.7 Å². The first-order chi connectivity index (χ1) is 13.1. The maximum atomic E-state index is 13.6. The number of halogens is 2. The monoisotopic (exact) mass is 502 g/mol. The first kappa shape index (κ1) is 23.4. The van der Waals surface area contributed by atoms with Gasteiger partial charge in [0.1, 0.15) is 5.82 Å². The lowest BCUT2D eigenvalue weighted by Crippen LogP contribution is -2.41. The first-order valence-corrected chi connectivity index (χ1v) is 10.6. The highest BCUT2D eigenvalue weighted by Crippen LogP contribution is 2.48. The molecule has 1 aromatic carbocycles. The lowest BCUT2D eigenvalue weighted by molar-refractivity contribution is 0.255. The van der Waals surface area contributed by atoms with Crippen molar-refractivity contribution in [1.29, 1.82) is 0 Å². The van der Waals surface area contributed by atoms with Crippen LogP contribution in [0.5, 0.6) is 0 Å². The Labute approximate surface area is 187 Å². The summed E-state index contributed by atoms with van der Waals surface area (Å²) in [5.41, 5.74) is 1.14. The largest absolute Gasteiger partial charge is 0.357 e. The van der Waals surface area contributed by atoms with Gasteiger partial charge in [-0.3, -0.25) is 4.99 Å². The van der Waals surface area contributed by atoms with Crippen molar-refractivity contribution in [3.63, 3.8) is 0 Å². The molecule has 1 atom stereocenters. The van der Waals surface area contributed by atoms with Gasteiger partial charge >= 0.3 is 0 Å². The van der Waals surface area contributed by atoms with E-state index in [1.165, 1.54) is 19.0 Å². The van der Waals surface area contributed by atoms with Gasteiger partial charge in [-0.2, -0.15) is 0 Å². The average molecular weight is 502 g/mol. The summed E-state index contributed by atoms with van der Waals surface area (Å²) in [5.74, 6) is 1.60. The van der Waals surface area contributed by atoms with Crippen molar-refractivity contribution >= 4 is 29.9 Å². The van der Waals surface area contributed by atoms with Crippen molar-refractivity contribution in [3.05, 3.63) is 35.6 Å². The Morgan fingerprint density at radius 3 is 2.64 bits per heavy atom. The maximum absolute atomic E-state index is 13.6. The molecule has 0 spiro atoms. The van der Waals surface area contributed by atoms with Crippen LogP contribution < -0.4 is 5.32 Å². The van der Waals surface area contributed by atoms with Crippen LogP contribution >= 0.6 is 24.0 Å². The molecule has 1 saturated heterocycles. The van der Waals surface area contributed by atoms with Crippen LogP contribution in [0.15, 0.2) is 29.3 Å². The van der Waals surface area contributed by atoms with E-state index < -0.39 is 0 Å². The molecule has 3 rings (SSSR count). The van der Waals surface area contributed by atoms with Gasteiger partial charge in [-0.1, -0.05) is 26.0 Å². The zero-order valence-electron chi connectivity index (χ0n) is 17.6. The van der Waals surface area contributed by atoms with E-state index in [1.807, 2.05) is 6.07 Å². The molecule has 0 aromatic heterocycles. The van der Waals surface area contributed by atoms with E-state index in [0.29, 0.717) is 5.92 Å². The summed E-state index contributed by atoms with van der Waals surface area (Å²) in [6.07, 6.45) is 3.43. The Morgan fingerprint density at radius 1 is 1.29 bits per heavy atom. The molecule has 1 saturated carbocycles. The molecule has 1 aliphatic carbocycles. The predicted molar refractivity (Wildman–Crippen MR) is 126 cm³/mol. The summed E-state index contributed by atoms with van der Waals surface area (Å²) in [6, 6.07) is 7.07. The highest BCUT2D eigenvalue weighted by Gasteiger charge is 2.44. The van der Waals surface area contributed by atoms with Gasteiger partial charge in [-0.15, -0.1) is 24.0 Å². The second-order valence-electron chi connectivity index (χ2n) is 8.05. The smallest absolute Gasteiger partial charge is 0.193 e. The summed E-state index contributed by atoms with van der Waals surface area (Å²) in [6.45, 7) is 13.8. The second kappa shape index (κ2) is 10.8. The Balaban J connectivity index is 0.00000280. The molecule has 1 N–H and O–H groups in total. The SMILES string of the molecule is CCNC(=NCC1(c2cccc(F)c2)CC1)N1CCC(CN(CC)CC)C1.I. The summed E-state index contributed by atoms with van der Waals surface area (Å²) >= 11 is 0. The minimum Gasteiger partial charge on any atom is -0.357 e. The third kappa shape index (κ3) is 5.81. The maximum Gasteiger partial charge on any atom is 0.193 e. The lowest BCUT2D eigenvalue weighted by atomic mass is 9.96. The molecule has 6 heteroatoms. The van der Waals surface area contributed by atoms with E-state index in [2.05, 4.69) is 42.0 Å². The first-order valence-electron chi connectivity index (χ1n) is 10.6. The third-order valence-corrected chi connectivity index (χ3v) is 6.15. The standard InChI is InChI=1S/C22H35FN4.HI/c1-4-24-21(27-13-10-18(16-27)15-26(5-2)6-3)25-17-22(11-12-22)19-8-7-9-20(23)14-19;/h7-9,14,18H,4-6,10-13,15-17H2,1-3H3,(H,24,25);1H. The van der Waals surface area contributed by atoms with Crippen LogP contribution in [-0.2, 0) is 5.41 Å². The highest BCUT2D eigenvalue weighted by molar-refractivity contribution is 14.0. The molecule has 0 radical (unpaired) electrons. The molecule has 0 bridgehead atoms. The molecule has 0 amide bonds. The number of nitrogens with zero attached hydrogens (tertiary/aromatic N) is 3. The summed E-state index contributed by atoms with van der Waals surface area (Å²) in [4.78, 5) is 9.92. The van der Waals surface area contributed by atoms with Gasteiger partial charge in [0.25, 0.3) is 0 Å². The second-order valence-corrected chi connectivity index (χ2v) is 8.05. The van der Waals surface area contributed by atoms with Crippen molar-refractivity contribution in [2.45, 2.75) is 45.4 Å². The number of nitrogens with one attached hydrogen (secondary N) is 1. The molecule has 28 heavy (non-hydrogen) atoms. The number of aliphatic imine (C=N–C) groups is 1. The topological polar surface area (TPSA) is 30.9 Å². The molecule has 1 aromatic rings. The fourth-order valence-electron chi connectivity index (χ4n) is 4.18. The molecule has 158 valence electrons. The normalized spacial score (nSPS) is 21.0. The van der Waals surface area contributed by atoms with E-state index in [9.17, 15) is 4.39 Å². The van der Waals surface area contributed by atoms with Crippen molar-refractivity contribution < 1.29 is 4.39 Å². The number of likely N-dealkylation sites (tertiary alicyclic amines) is 1. The summed E-state index contributed by atoms with van der Waals surface area (Å²) in [7, 11) is 0. The van der Waals surface area contributed by atoms with Gasteiger partial charge in [0.05, 0.1) is 6.54 Å². The van der Waals surface area contributed by atoms with Gasteiger partial charge in [0.15, 0.2) is 5.96 Å².